The van der Waals surface area contributed by atoms with E-state index in [1.807, 2.05) is 36.1 Å². The zero-order chi connectivity index (χ0) is 18.4. The van der Waals surface area contributed by atoms with Crippen molar-refractivity contribution in [1.82, 2.24) is 23.6 Å². The van der Waals surface area contributed by atoms with Crippen LogP contribution in [0.5, 0.6) is 0 Å². The molecule has 8 heteroatoms. The predicted octanol–water partition coefficient (Wildman–Crippen LogP) is 2.53. The Morgan fingerprint density at radius 1 is 1.15 bits per heavy atom. The first kappa shape index (κ1) is 16.6. The average molecular weight is 380 g/mol. The molecule has 0 radical (unpaired) electrons. The Kier molecular flexibility index (Phi) is 4.00. The molecule has 2 atom stereocenters. The van der Waals surface area contributed by atoms with Gasteiger partial charge in [-0.1, -0.05) is 0 Å². The number of aromatic nitrogens is 4. The summed E-state index contributed by atoms with van der Waals surface area (Å²) in [5, 5.41) is 0. The number of hydrogen-bond acceptors (Lipinski definition) is 7. The molecule has 2 aromatic heterocycles. The summed E-state index contributed by atoms with van der Waals surface area (Å²) < 4.78 is 8.48. The number of anilines is 1. The Hall–Kier alpha value is -2.61. The number of carbonyl (C=O) groups is 1. The standard InChI is InChI=1S/C19H20N6OS/c1-12-4-7-20-19(21-12)24-8-5-13-6-9-25(17(13)11-24)18(26)14-2-3-15-16(10-14)23-27-22-15/h2-4,7,10,13,17H,5-6,8-9,11H2,1H3. The van der Waals surface area contributed by atoms with E-state index in [0.29, 0.717) is 11.5 Å². The number of piperidine rings is 1. The molecule has 0 aliphatic carbocycles. The molecule has 2 saturated heterocycles. The second-order valence-electron chi connectivity index (χ2n) is 7.32. The summed E-state index contributed by atoms with van der Waals surface area (Å²) in [5.74, 6) is 1.41. The topological polar surface area (TPSA) is 75.1 Å². The first-order valence-corrected chi connectivity index (χ1v) is 10.00. The van der Waals surface area contributed by atoms with Crippen molar-refractivity contribution < 1.29 is 4.79 Å². The van der Waals surface area contributed by atoms with E-state index in [0.717, 1.165) is 55.2 Å². The highest BCUT2D eigenvalue weighted by Gasteiger charge is 2.41. The molecule has 4 heterocycles. The minimum Gasteiger partial charge on any atom is -0.339 e. The molecule has 2 unspecified atom stereocenters. The van der Waals surface area contributed by atoms with Crippen molar-refractivity contribution in [3.63, 3.8) is 0 Å². The maximum atomic E-state index is 13.2. The normalized spacial score (nSPS) is 22.3. The average Bonchev–Trinajstić information content (AvgIpc) is 3.33. The van der Waals surface area contributed by atoms with Crippen LogP contribution in [-0.4, -0.2) is 55.2 Å². The van der Waals surface area contributed by atoms with Gasteiger partial charge in [-0.3, -0.25) is 4.79 Å². The Balaban J connectivity index is 1.39. The zero-order valence-corrected chi connectivity index (χ0v) is 15.9. The van der Waals surface area contributed by atoms with E-state index in [-0.39, 0.29) is 11.9 Å². The summed E-state index contributed by atoms with van der Waals surface area (Å²) >= 11 is 1.18. The molecule has 2 aliphatic rings. The lowest BCUT2D eigenvalue weighted by atomic mass is 9.92. The van der Waals surface area contributed by atoms with Crippen molar-refractivity contribution >= 4 is 34.6 Å². The van der Waals surface area contributed by atoms with Crippen LogP contribution in [0.3, 0.4) is 0 Å². The van der Waals surface area contributed by atoms with Crippen LogP contribution in [-0.2, 0) is 0 Å². The lowest BCUT2D eigenvalue weighted by Gasteiger charge is -2.38. The second-order valence-corrected chi connectivity index (χ2v) is 7.84. The molecule has 0 bridgehead atoms. The van der Waals surface area contributed by atoms with E-state index in [9.17, 15) is 4.79 Å². The SMILES string of the molecule is Cc1ccnc(N2CCC3CCN(C(=O)c4ccc5nsnc5c4)C3C2)n1. The van der Waals surface area contributed by atoms with Gasteiger partial charge in [0.25, 0.3) is 5.91 Å². The van der Waals surface area contributed by atoms with Crippen molar-refractivity contribution in [3.05, 3.63) is 41.7 Å². The van der Waals surface area contributed by atoms with E-state index < -0.39 is 0 Å². The smallest absolute Gasteiger partial charge is 0.254 e. The largest absolute Gasteiger partial charge is 0.339 e. The van der Waals surface area contributed by atoms with Gasteiger partial charge >= 0.3 is 0 Å². The van der Waals surface area contributed by atoms with Gasteiger partial charge in [-0.05, 0) is 49.9 Å². The minimum atomic E-state index is 0.0874. The zero-order valence-electron chi connectivity index (χ0n) is 15.1. The molecule has 138 valence electrons. The van der Waals surface area contributed by atoms with Crippen molar-refractivity contribution in [2.45, 2.75) is 25.8 Å². The summed E-state index contributed by atoms with van der Waals surface area (Å²) in [6.07, 6.45) is 3.94. The van der Waals surface area contributed by atoms with E-state index in [1.165, 1.54) is 11.7 Å². The van der Waals surface area contributed by atoms with Crippen LogP contribution in [0.25, 0.3) is 11.0 Å². The Morgan fingerprint density at radius 3 is 2.89 bits per heavy atom. The number of carbonyl (C=O) groups excluding carboxylic acids is 1. The fourth-order valence-corrected chi connectivity index (χ4v) is 4.76. The minimum absolute atomic E-state index is 0.0874. The summed E-state index contributed by atoms with van der Waals surface area (Å²) in [7, 11) is 0. The van der Waals surface area contributed by atoms with Gasteiger partial charge in [0, 0.05) is 37.1 Å². The van der Waals surface area contributed by atoms with E-state index >= 15 is 0 Å². The number of fused-ring (bicyclic) bond motifs is 2. The summed E-state index contributed by atoms with van der Waals surface area (Å²) in [6, 6.07) is 7.72. The van der Waals surface area contributed by atoms with Crippen LogP contribution in [0.4, 0.5) is 5.95 Å². The van der Waals surface area contributed by atoms with Crippen LogP contribution >= 0.6 is 11.7 Å². The molecule has 27 heavy (non-hydrogen) atoms. The van der Waals surface area contributed by atoms with E-state index in [2.05, 4.69) is 23.6 Å². The van der Waals surface area contributed by atoms with Crippen LogP contribution in [0.15, 0.2) is 30.5 Å². The van der Waals surface area contributed by atoms with Gasteiger partial charge in [-0.15, -0.1) is 0 Å². The third kappa shape index (κ3) is 2.93. The number of amides is 1. The molecule has 7 nitrogen and oxygen atoms in total. The molecule has 0 saturated carbocycles. The van der Waals surface area contributed by atoms with Gasteiger partial charge in [0.1, 0.15) is 11.0 Å². The summed E-state index contributed by atoms with van der Waals surface area (Å²) in [6.45, 7) is 4.53. The third-order valence-corrected chi connectivity index (χ3v) is 6.25. The van der Waals surface area contributed by atoms with Crippen molar-refractivity contribution in [2.24, 2.45) is 5.92 Å². The van der Waals surface area contributed by atoms with Gasteiger partial charge in [0.2, 0.25) is 5.95 Å². The van der Waals surface area contributed by atoms with Crippen molar-refractivity contribution in [1.29, 1.82) is 0 Å². The molecule has 1 amide bonds. The van der Waals surface area contributed by atoms with E-state index in [1.54, 1.807) is 6.20 Å². The Morgan fingerprint density at radius 2 is 2.00 bits per heavy atom. The van der Waals surface area contributed by atoms with Crippen LogP contribution < -0.4 is 4.90 Å². The van der Waals surface area contributed by atoms with Crippen LogP contribution in [0, 0.1) is 12.8 Å². The number of hydrogen-bond donors (Lipinski definition) is 0. The Bertz CT molecular complexity index is 1000. The van der Waals surface area contributed by atoms with Gasteiger partial charge in [-0.2, -0.15) is 8.75 Å². The maximum Gasteiger partial charge on any atom is 0.254 e. The number of rotatable bonds is 2. The highest BCUT2D eigenvalue weighted by Crippen LogP contribution is 2.34. The Labute approximate surface area is 161 Å². The van der Waals surface area contributed by atoms with Crippen molar-refractivity contribution in [3.8, 4) is 0 Å². The van der Waals surface area contributed by atoms with Crippen LogP contribution in [0.1, 0.15) is 28.9 Å². The number of likely N-dealkylation sites (tertiary alicyclic amines) is 1. The molecular formula is C19H20N6OS. The molecule has 5 rings (SSSR count). The number of nitrogens with zero attached hydrogens (tertiary/aromatic N) is 6. The highest BCUT2D eigenvalue weighted by atomic mass is 32.1. The second kappa shape index (κ2) is 6.53. The van der Waals surface area contributed by atoms with Gasteiger partial charge < -0.3 is 9.80 Å². The molecule has 2 fully saturated rings. The summed E-state index contributed by atoms with van der Waals surface area (Å²) in [4.78, 5) is 26.4. The van der Waals surface area contributed by atoms with E-state index in [4.69, 9.17) is 0 Å². The molecule has 3 aromatic rings. The quantitative estimate of drug-likeness (QED) is 0.680. The number of benzene rings is 1. The molecule has 1 aromatic carbocycles. The van der Waals surface area contributed by atoms with Crippen molar-refractivity contribution in [2.75, 3.05) is 24.5 Å². The van der Waals surface area contributed by atoms with Crippen LogP contribution in [0.2, 0.25) is 0 Å². The van der Waals surface area contributed by atoms with Gasteiger partial charge in [0.05, 0.1) is 17.8 Å². The lowest BCUT2D eigenvalue weighted by Crippen LogP contribution is -2.50. The fourth-order valence-electron chi connectivity index (χ4n) is 4.24. The highest BCUT2D eigenvalue weighted by molar-refractivity contribution is 7.00. The predicted molar refractivity (Wildman–Crippen MR) is 104 cm³/mol. The molecule has 2 aliphatic heterocycles. The summed E-state index contributed by atoms with van der Waals surface area (Å²) in [5.41, 5.74) is 3.29. The van der Waals surface area contributed by atoms with Gasteiger partial charge in [0.15, 0.2) is 0 Å². The fraction of sp³-hybridized carbons (Fsp3) is 0.421. The molecule has 0 N–H and O–H groups in total. The first-order chi connectivity index (χ1) is 13.2. The molecule has 0 spiro atoms. The first-order valence-electron chi connectivity index (χ1n) is 9.27. The molecular weight excluding hydrogens is 360 g/mol. The monoisotopic (exact) mass is 380 g/mol. The third-order valence-electron chi connectivity index (χ3n) is 5.69. The maximum absolute atomic E-state index is 13.2. The lowest BCUT2D eigenvalue weighted by molar-refractivity contribution is 0.0712. The van der Waals surface area contributed by atoms with Gasteiger partial charge in [-0.25, -0.2) is 9.97 Å². The number of aryl methyl sites for hydroxylation is 1.